The van der Waals surface area contributed by atoms with E-state index in [-0.39, 0.29) is 24.2 Å². The van der Waals surface area contributed by atoms with Crippen LogP contribution in [0.15, 0.2) is 18.2 Å². The molecule has 2 atom stereocenters. The monoisotopic (exact) mass is 383 g/mol. The summed E-state index contributed by atoms with van der Waals surface area (Å²) in [4.78, 5) is 15.0. The fourth-order valence-corrected chi connectivity index (χ4v) is 4.57. The Kier molecular flexibility index (Phi) is 8.07. The van der Waals surface area contributed by atoms with Crippen molar-refractivity contribution in [2.24, 2.45) is 5.92 Å². The third-order valence-corrected chi connectivity index (χ3v) is 6.00. The number of hydrogen-bond acceptors (Lipinski definition) is 4. The average molecular weight is 384 g/mol. The molecule has 0 radical (unpaired) electrons. The smallest absolute Gasteiger partial charge is 0.227 e. The molecule has 0 aliphatic carbocycles. The third kappa shape index (κ3) is 5.88. The number of amides is 1. The van der Waals surface area contributed by atoms with Gasteiger partial charge in [-0.2, -0.15) is 11.8 Å². The van der Waals surface area contributed by atoms with E-state index in [4.69, 9.17) is 0 Å². The predicted molar refractivity (Wildman–Crippen MR) is 110 cm³/mol. The molecule has 0 spiro atoms. The molecule has 1 aromatic carbocycles. The number of hydrogen-bond donors (Lipinski definition) is 2. The SMILES string of the molecule is Cc1cc(CN2CCSCC2)ccc1NC(=O)[C@H]1CCN[C@@H](C)C1.Cl. The molecule has 2 aliphatic heterocycles. The number of aryl methyl sites for hydroxylation is 1. The lowest BCUT2D eigenvalue weighted by molar-refractivity contribution is -0.120. The normalized spacial score (nSPS) is 24.4. The topological polar surface area (TPSA) is 44.4 Å². The molecule has 2 saturated heterocycles. The van der Waals surface area contributed by atoms with Gasteiger partial charge >= 0.3 is 0 Å². The van der Waals surface area contributed by atoms with Crippen molar-refractivity contribution >= 4 is 35.8 Å². The van der Waals surface area contributed by atoms with Crippen LogP contribution in [0.3, 0.4) is 0 Å². The second kappa shape index (κ2) is 9.81. The van der Waals surface area contributed by atoms with Crippen LogP contribution in [-0.2, 0) is 11.3 Å². The second-order valence-electron chi connectivity index (χ2n) is 7.10. The van der Waals surface area contributed by atoms with Crippen LogP contribution in [-0.4, -0.2) is 48.0 Å². The number of carbonyl (C=O) groups excluding carboxylic acids is 1. The van der Waals surface area contributed by atoms with E-state index < -0.39 is 0 Å². The summed E-state index contributed by atoms with van der Waals surface area (Å²) in [5.74, 6) is 2.78. The Morgan fingerprint density at radius 3 is 2.80 bits per heavy atom. The summed E-state index contributed by atoms with van der Waals surface area (Å²) in [6, 6.07) is 6.89. The summed E-state index contributed by atoms with van der Waals surface area (Å²) >= 11 is 2.04. The summed E-state index contributed by atoms with van der Waals surface area (Å²) in [6.07, 6.45) is 1.86. The van der Waals surface area contributed by atoms with Crippen molar-refractivity contribution in [1.29, 1.82) is 0 Å². The maximum atomic E-state index is 12.5. The highest BCUT2D eigenvalue weighted by Gasteiger charge is 2.25. The van der Waals surface area contributed by atoms with Gasteiger partial charge in [0.25, 0.3) is 0 Å². The summed E-state index contributed by atoms with van der Waals surface area (Å²) in [5.41, 5.74) is 3.46. The molecule has 25 heavy (non-hydrogen) atoms. The molecule has 4 nitrogen and oxygen atoms in total. The van der Waals surface area contributed by atoms with E-state index in [1.54, 1.807) is 0 Å². The van der Waals surface area contributed by atoms with Gasteiger partial charge in [0.15, 0.2) is 0 Å². The Bertz CT molecular complexity index is 578. The fraction of sp³-hybridized carbons (Fsp3) is 0.632. The van der Waals surface area contributed by atoms with Crippen LogP contribution < -0.4 is 10.6 Å². The van der Waals surface area contributed by atoms with Crippen LogP contribution in [0, 0.1) is 12.8 Å². The summed E-state index contributed by atoms with van der Waals surface area (Å²) < 4.78 is 0. The van der Waals surface area contributed by atoms with Crippen molar-refractivity contribution in [1.82, 2.24) is 10.2 Å². The van der Waals surface area contributed by atoms with Gasteiger partial charge in [-0.3, -0.25) is 9.69 Å². The molecule has 6 heteroatoms. The molecule has 2 N–H and O–H groups in total. The molecule has 0 saturated carbocycles. The maximum absolute atomic E-state index is 12.5. The van der Waals surface area contributed by atoms with Crippen LogP contribution in [0.4, 0.5) is 5.69 Å². The zero-order chi connectivity index (χ0) is 16.9. The first kappa shape index (κ1) is 20.6. The molecule has 0 bridgehead atoms. The van der Waals surface area contributed by atoms with Crippen LogP contribution >= 0.6 is 24.2 Å². The van der Waals surface area contributed by atoms with Crippen molar-refractivity contribution in [3.63, 3.8) is 0 Å². The molecular weight excluding hydrogens is 354 g/mol. The standard InChI is InChI=1S/C19H29N3OS.ClH/c1-14-11-16(13-22-7-9-24-10-8-22)3-4-18(14)21-19(23)17-5-6-20-15(2)12-17;/h3-4,11,15,17,20H,5-10,12-13H2,1-2H3,(H,21,23);1H/t15-,17-;/m0./s1. The molecule has 0 unspecified atom stereocenters. The zero-order valence-electron chi connectivity index (χ0n) is 15.2. The van der Waals surface area contributed by atoms with Crippen molar-refractivity contribution < 1.29 is 4.79 Å². The minimum atomic E-state index is 0. The first-order valence-corrected chi connectivity index (χ1v) is 10.2. The van der Waals surface area contributed by atoms with Crippen molar-refractivity contribution in [3.05, 3.63) is 29.3 Å². The number of nitrogens with zero attached hydrogens (tertiary/aromatic N) is 1. The van der Waals surface area contributed by atoms with Crippen molar-refractivity contribution in [3.8, 4) is 0 Å². The molecule has 0 aromatic heterocycles. The number of thioether (sulfide) groups is 1. The van der Waals surface area contributed by atoms with Gasteiger partial charge in [0.05, 0.1) is 0 Å². The number of benzene rings is 1. The van der Waals surface area contributed by atoms with Gasteiger partial charge in [0, 0.05) is 48.8 Å². The highest BCUT2D eigenvalue weighted by molar-refractivity contribution is 7.99. The summed E-state index contributed by atoms with van der Waals surface area (Å²) in [5, 5.41) is 6.55. The molecule has 1 amide bonds. The van der Waals surface area contributed by atoms with E-state index in [2.05, 4.69) is 47.6 Å². The molecule has 3 rings (SSSR count). The number of carbonyl (C=O) groups is 1. The van der Waals surface area contributed by atoms with E-state index in [0.717, 1.165) is 37.2 Å². The highest BCUT2D eigenvalue weighted by Crippen LogP contribution is 2.22. The number of piperidine rings is 1. The first-order valence-electron chi connectivity index (χ1n) is 9.05. The van der Waals surface area contributed by atoms with E-state index in [1.807, 2.05) is 11.8 Å². The third-order valence-electron chi connectivity index (χ3n) is 5.05. The van der Waals surface area contributed by atoms with Gasteiger partial charge in [-0.25, -0.2) is 0 Å². The Hall–Kier alpha value is -0.750. The highest BCUT2D eigenvalue weighted by atomic mass is 35.5. The Morgan fingerprint density at radius 1 is 1.36 bits per heavy atom. The van der Waals surface area contributed by atoms with Crippen LogP contribution in [0.5, 0.6) is 0 Å². The summed E-state index contributed by atoms with van der Waals surface area (Å²) in [7, 11) is 0. The van der Waals surface area contributed by atoms with Crippen LogP contribution in [0.1, 0.15) is 30.9 Å². The number of nitrogens with one attached hydrogen (secondary N) is 2. The lowest BCUT2D eigenvalue weighted by Crippen LogP contribution is -2.40. The number of halogens is 1. The molecule has 2 heterocycles. The van der Waals surface area contributed by atoms with Crippen molar-refractivity contribution in [2.75, 3.05) is 36.5 Å². The minimum Gasteiger partial charge on any atom is -0.326 e. The maximum Gasteiger partial charge on any atom is 0.227 e. The van der Waals surface area contributed by atoms with Gasteiger partial charge in [-0.1, -0.05) is 12.1 Å². The lowest BCUT2D eigenvalue weighted by atomic mass is 9.92. The molecule has 1 aromatic rings. The largest absolute Gasteiger partial charge is 0.326 e. The average Bonchev–Trinajstić information content (AvgIpc) is 2.58. The van der Waals surface area contributed by atoms with Gasteiger partial charge in [-0.05, 0) is 50.4 Å². The Labute approximate surface area is 161 Å². The van der Waals surface area contributed by atoms with Crippen LogP contribution in [0.2, 0.25) is 0 Å². The van der Waals surface area contributed by atoms with E-state index in [9.17, 15) is 4.79 Å². The second-order valence-corrected chi connectivity index (χ2v) is 8.33. The zero-order valence-corrected chi connectivity index (χ0v) is 16.8. The molecule has 2 aliphatic rings. The summed E-state index contributed by atoms with van der Waals surface area (Å²) in [6.45, 7) is 8.55. The quantitative estimate of drug-likeness (QED) is 0.837. The minimum absolute atomic E-state index is 0. The lowest BCUT2D eigenvalue weighted by Gasteiger charge is -2.27. The first-order chi connectivity index (χ1) is 11.6. The Balaban J connectivity index is 0.00000225. The fourth-order valence-electron chi connectivity index (χ4n) is 3.59. The molecule has 2 fully saturated rings. The number of anilines is 1. The van der Waals surface area contributed by atoms with E-state index >= 15 is 0 Å². The predicted octanol–water partition coefficient (Wildman–Crippen LogP) is 3.29. The number of rotatable bonds is 4. The Morgan fingerprint density at radius 2 is 2.12 bits per heavy atom. The van der Waals surface area contributed by atoms with Gasteiger partial charge in [-0.15, -0.1) is 12.4 Å². The van der Waals surface area contributed by atoms with Gasteiger partial charge in [0.2, 0.25) is 5.91 Å². The van der Waals surface area contributed by atoms with Gasteiger partial charge in [0.1, 0.15) is 0 Å². The van der Waals surface area contributed by atoms with E-state index in [1.165, 1.54) is 30.2 Å². The molecular formula is C19H30ClN3OS. The van der Waals surface area contributed by atoms with Gasteiger partial charge < -0.3 is 10.6 Å². The van der Waals surface area contributed by atoms with Crippen LogP contribution in [0.25, 0.3) is 0 Å². The van der Waals surface area contributed by atoms with E-state index in [0.29, 0.717) is 6.04 Å². The van der Waals surface area contributed by atoms with Crippen molar-refractivity contribution in [2.45, 2.75) is 39.3 Å². The molecule has 140 valence electrons.